The molecular formula is C22H19ClF5N3O3. The van der Waals surface area contributed by atoms with Gasteiger partial charge in [-0.1, -0.05) is 11.6 Å². The fourth-order valence-corrected chi connectivity index (χ4v) is 3.00. The molecule has 0 radical (unpaired) electrons. The van der Waals surface area contributed by atoms with Crippen LogP contribution in [0, 0.1) is 11.6 Å². The fraction of sp³-hybridized carbons (Fsp3) is 0.273. The molecule has 0 fully saturated rings. The highest BCUT2D eigenvalue weighted by Crippen LogP contribution is 2.34. The van der Waals surface area contributed by atoms with E-state index >= 15 is 0 Å². The maximum atomic E-state index is 15.0. The standard InChI is InChI=1S/C22H19ClF5N3O3/c1-10(22(26,27)28)34-18-8-12(17-9-29-20(31-17)21(2,3)33)15(25)7-13(18)19(32)30-16-6-11(24)4-5-14(16)23/h4-10,33H,1-3H3,(H,29,31)(H,30,32). The zero-order valence-corrected chi connectivity index (χ0v) is 18.8. The van der Waals surface area contributed by atoms with Crippen molar-refractivity contribution in [2.45, 2.75) is 38.7 Å². The Morgan fingerprint density at radius 1 is 1.21 bits per heavy atom. The number of carbonyl (C=O) groups is 1. The zero-order valence-electron chi connectivity index (χ0n) is 18.0. The van der Waals surface area contributed by atoms with Crippen molar-refractivity contribution in [3.63, 3.8) is 0 Å². The van der Waals surface area contributed by atoms with Gasteiger partial charge in [0.1, 0.15) is 28.8 Å². The molecule has 1 heterocycles. The number of hydrogen-bond acceptors (Lipinski definition) is 4. The highest BCUT2D eigenvalue weighted by atomic mass is 35.5. The van der Waals surface area contributed by atoms with Gasteiger partial charge in [-0.15, -0.1) is 0 Å². The van der Waals surface area contributed by atoms with E-state index in [2.05, 4.69) is 15.3 Å². The van der Waals surface area contributed by atoms with Crippen LogP contribution in [0.1, 0.15) is 37.0 Å². The number of benzene rings is 2. The van der Waals surface area contributed by atoms with Gasteiger partial charge in [-0.2, -0.15) is 13.2 Å². The van der Waals surface area contributed by atoms with Gasteiger partial charge in [0.05, 0.1) is 22.0 Å². The molecule has 1 aromatic heterocycles. The SMILES string of the molecule is CC(Oc1cc(-c2c[nH]c(C(C)(C)O)n2)c(F)cc1C(=O)Nc1cc(F)ccc1Cl)C(F)(F)F. The van der Waals surface area contributed by atoms with Crippen LogP contribution in [-0.4, -0.2) is 33.3 Å². The summed E-state index contributed by atoms with van der Waals surface area (Å²) in [7, 11) is 0. The smallest absolute Gasteiger partial charge is 0.425 e. The molecule has 34 heavy (non-hydrogen) atoms. The summed E-state index contributed by atoms with van der Waals surface area (Å²) < 4.78 is 72.9. The number of hydrogen-bond donors (Lipinski definition) is 3. The quantitative estimate of drug-likeness (QED) is 0.370. The second-order valence-electron chi connectivity index (χ2n) is 7.90. The lowest BCUT2D eigenvalue weighted by Crippen LogP contribution is -2.32. The van der Waals surface area contributed by atoms with Crippen molar-refractivity contribution in [3.8, 4) is 17.0 Å². The number of aromatic amines is 1. The van der Waals surface area contributed by atoms with Gasteiger partial charge >= 0.3 is 6.18 Å². The van der Waals surface area contributed by atoms with E-state index in [4.69, 9.17) is 16.3 Å². The predicted octanol–water partition coefficient (Wildman–Crippen LogP) is 5.82. The number of nitrogens with one attached hydrogen (secondary N) is 2. The normalized spacial score (nSPS) is 13.0. The third kappa shape index (κ3) is 5.65. The lowest BCUT2D eigenvalue weighted by Gasteiger charge is -2.20. The van der Waals surface area contributed by atoms with Crippen LogP contribution in [0.15, 0.2) is 36.5 Å². The summed E-state index contributed by atoms with van der Waals surface area (Å²) in [4.78, 5) is 19.5. The lowest BCUT2D eigenvalue weighted by atomic mass is 10.1. The number of anilines is 1. The Hall–Kier alpha value is -3.18. The molecule has 0 aliphatic carbocycles. The minimum atomic E-state index is -4.78. The summed E-state index contributed by atoms with van der Waals surface area (Å²) in [6.07, 6.45) is -5.88. The first-order chi connectivity index (χ1) is 15.7. The van der Waals surface area contributed by atoms with Crippen LogP contribution in [0.25, 0.3) is 11.3 Å². The van der Waals surface area contributed by atoms with E-state index in [1.54, 1.807) is 0 Å². The lowest BCUT2D eigenvalue weighted by molar-refractivity contribution is -0.189. The minimum absolute atomic E-state index is 0.0423. The molecule has 12 heteroatoms. The van der Waals surface area contributed by atoms with Crippen LogP contribution in [0.3, 0.4) is 0 Å². The number of carbonyl (C=O) groups excluding carboxylic acids is 1. The van der Waals surface area contributed by atoms with Crippen LogP contribution in [0.4, 0.5) is 27.6 Å². The Kier molecular flexibility index (Phi) is 6.90. The molecule has 1 amide bonds. The molecule has 0 aliphatic heterocycles. The van der Waals surface area contributed by atoms with E-state index in [-0.39, 0.29) is 27.8 Å². The van der Waals surface area contributed by atoms with Gasteiger partial charge in [0, 0.05) is 11.8 Å². The second-order valence-corrected chi connectivity index (χ2v) is 8.31. The molecule has 0 bridgehead atoms. The summed E-state index contributed by atoms with van der Waals surface area (Å²) in [5.41, 5.74) is -2.48. The summed E-state index contributed by atoms with van der Waals surface area (Å²) >= 11 is 5.92. The molecule has 0 saturated heterocycles. The Morgan fingerprint density at radius 3 is 2.47 bits per heavy atom. The maximum absolute atomic E-state index is 15.0. The number of halogens is 6. The van der Waals surface area contributed by atoms with Gasteiger partial charge in [-0.25, -0.2) is 13.8 Å². The van der Waals surface area contributed by atoms with E-state index in [0.717, 1.165) is 31.2 Å². The second kappa shape index (κ2) is 9.22. The van der Waals surface area contributed by atoms with E-state index in [1.165, 1.54) is 20.0 Å². The van der Waals surface area contributed by atoms with Crippen molar-refractivity contribution in [2.75, 3.05) is 5.32 Å². The first-order valence-corrected chi connectivity index (χ1v) is 10.2. The molecule has 182 valence electrons. The van der Waals surface area contributed by atoms with E-state index < -0.39 is 46.7 Å². The van der Waals surface area contributed by atoms with Gasteiger partial charge in [0.25, 0.3) is 5.91 Å². The number of H-pyrrole nitrogens is 1. The topological polar surface area (TPSA) is 87.2 Å². The van der Waals surface area contributed by atoms with Crippen LogP contribution in [0.5, 0.6) is 5.75 Å². The molecule has 0 spiro atoms. The Bertz CT molecular complexity index is 1220. The number of nitrogens with zero attached hydrogens (tertiary/aromatic N) is 1. The minimum Gasteiger partial charge on any atom is -0.480 e. The number of alkyl halides is 3. The highest BCUT2D eigenvalue weighted by molar-refractivity contribution is 6.34. The molecule has 1 atom stereocenters. The van der Waals surface area contributed by atoms with Crippen LogP contribution in [-0.2, 0) is 5.60 Å². The molecule has 3 N–H and O–H groups in total. The van der Waals surface area contributed by atoms with E-state index in [1.807, 2.05) is 0 Å². The zero-order chi connectivity index (χ0) is 25.4. The van der Waals surface area contributed by atoms with Gasteiger partial charge in [0.15, 0.2) is 6.10 Å². The van der Waals surface area contributed by atoms with E-state index in [9.17, 15) is 31.9 Å². The first-order valence-electron chi connectivity index (χ1n) is 9.78. The van der Waals surface area contributed by atoms with Crippen LogP contribution < -0.4 is 10.1 Å². The van der Waals surface area contributed by atoms with Crippen molar-refractivity contribution in [2.24, 2.45) is 0 Å². The van der Waals surface area contributed by atoms with Gasteiger partial charge in [-0.3, -0.25) is 4.79 Å². The van der Waals surface area contributed by atoms with Crippen molar-refractivity contribution in [1.29, 1.82) is 0 Å². The molecular weight excluding hydrogens is 485 g/mol. The number of rotatable bonds is 6. The van der Waals surface area contributed by atoms with Gasteiger partial charge in [-0.05, 0) is 51.1 Å². The first kappa shape index (κ1) is 25.4. The summed E-state index contributed by atoms with van der Waals surface area (Å²) in [6.45, 7) is 3.57. The Morgan fingerprint density at radius 2 is 1.88 bits per heavy atom. The average Bonchev–Trinajstić information content (AvgIpc) is 3.21. The van der Waals surface area contributed by atoms with Crippen molar-refractivity contribution in [1.82, 2.24) is 9.97 Å². The van der Waals surface area contributed by atoms with Crippen molar-refractivity contribution in [3.05, 3.63) is 64.6 Å². The largest absolute Gasteiger partial charge is 0.480 e. The maximum Gasteiger partial charge on any atom is 0.425 e. The number of imidazole rings is 1. The number of aliphatic hydroxyl groups is 1. The molecule has 0 aliphatic rings. The van der Waals surface area contributed by atoms with Crippen LogP contribution in [0.2, 0.25) is 5.02 Å². The molecule has 1 unspecified atom stereocenters. The Labute approximate surface area is 195 Å². The van der Waals surface area contributed by atoms with Gasteiger partial charge in [0.2, 0.25) is 0 Å². The van der Waals surface area contributed by atoms with Crippen molar-refractivity contribution >= 4 is 23.2 Å². The number of ether oxygens (including phenoxy) is 1. The summed E-state index contributed by atoms with van der Waals surface area (Å²) in [5, 5.41) is 12.2. The third-order valence-electron chi connectivity index (χ3n) is 4.69. The number of amides is 1. The molecule has 3 rings (SSSR count). The summed E-state index contributed by atoms with van der Waals surface area (Å²) in [5.74, 6) is -3.34. The predicted molar refractivity (Wildman–Crippen MR) is 115 cm³/mol. The van der Waals surface area contributed by atoms with Gasteiger partial charge < -0.3 is 20.1 Å². The molecule has 6 nitrogen and oxygen atoms in total. The Balaban J connectivity index is 2.07. The molecule has 2 aromatic carbocycles. The fourth-order valence-electron chi connectivity index (χ4n) is 2.84. The third-order valence-corrected chi connectivity index (χ3v) is 5.02. The molecule has 3 aromatic rings. The van der Waals surface area contributed by atoms with Crippen LogP contribution >= 0.6 is 11.6 Å². The van der Waals surface area contributed by atoms with Crippen molar-refractivity contribution < 1.29 is 36.6 Å². The number of aromatic nitrogens is 2. The average molecular weight is 504 g/mol. The summed E-state index contributed by atoms with van der Waals surface area (Å²) in [6, 6.07) is 4.67. The van der Waals surface area contributed by atoms with E-state index in [0.29, 0.717) is 6.07 Å². The highest BCUT2D eigenvalue weighted by Gasteiger charge is 2.39. The monoisotopic (exact) mass is 503 g/mol. The molecule has 0 saturated carbocycles.